The third-order valence-electron chi connectivity index (χ3n) is 3.76. The summed E-state index contributed by atoms with van der Waals surface area (Å²) in [5, 5.41) is 0. The van der Waals surface area contributed by atoms with Gasteiger partial charge in [0.25, 0.3) is 0 Å². The fourth-order valence-electron chi connectivity index (χ4n) is 2.51. The Hall–Kier alpha value is -1.15. The van der Waals surface area contributed by atoms with Gasteiger partial charge in [-0.05, 0) is 38.6 Å². The van der Waals surface area contributed by atoms with E-state index in [4.69, 9.17) is 5.84 Å². The van der Waals surface area contributed by atoms with Crippen molar-refractivity contribution in [3.05, 3.63) is 24.3 Å². The van der Waals surface area contributed by atoms with E-state index in [-0.39, 0.29) is 10.9 Å². The Labute approximate surface area is 120 Å². The van der Waals surface area contributed by atoms with Crippen LogP contribution < -0.4 is 16.0 Å². The summed E-state index contributed by atoms with van der Waals surface area (Å²) in [6.45, 7) is 1.45. The Kier molecular flexibility index (Phi) is 4.98. The minimum absolute atomic E-state index is 0.181. The van der Waals surface area contributed by atoms with Gasteiger partial charge in [0.05, 0.1) is 5.69 Å². The molecule has 1 aromatic carbocycles. The second-order valence-electron chi connectivity index (χ2n) is 5.12. The number of nitrogens with two attached hydrogens (primary N) is 1. The van der Waals surface area contributed by atoms with Crippen molar-refractivity contribution in [1.82, 2.24) is 9.62 Å². The molecule has 0 aromatic heterocycles. The predicted octanol–water partition coefficient (Wildman–Crippen LogP) is 0.735. The summed E-state index contributed by atoms with van der Waals surface area (Å²) >= 11 is 0. The molecule has 1 fully saturated rings. The van der Waals surface area contributed by atoms with E-state index in [1.807, 2.05) is 7.05 Å². The van der Waals surface area contributed by atoms with Gasteiger partial charge in [0, 0.05) is 12.6 Å². The lowest BCUT2D eigenvalue weighted by Gasteiger charge is -2.32. The highest BCUT2D eigenvalue weighted by Gasteiger charge is 2.23. The zero-order valence-electron chi connectivity index (χ0n) is 11.7. The second-order valence-corrected chi connectivity index (χ2v) is 6.86. The molecule has 0 bridgehead atoms. The number of sulfonamides is 1. The Bertz CT molecular complexity index is 547. The van der Waals surface area contributed by atoms with Crippen molar-refractivity contribution in [1.29, 1.82) is 0 Å². The molecule has 1 saturated heterocycles. The minimum Gasteiger partial charge on any atom is -0.323 e. The summed E-state index contributed by atoms with van der Waals surface area (Å²) < 4.78 is 27.4. The number of nitrogens with one attached hydrogen (secondary N) is 2. The van der Waals surface area contributed by atoms with Crippen molar-refractivity contribution in [2.24, 2.45) is 5.84 Å². The van der Waals surface area contributed by atoms with E-state index in [2.05, 4.69) is 15.0 Å². The van der Waals surface area contributed by atoms with Gasteiger partial charge >= 0.3 is 0 Å². The number of hydrazine groups is 1. The second kappa shape index (κ2) is 6.53. The molecule has 0 spiro atoms. The minimum atomic E-state index is -3.55. The van der Waals surface area contributed by atoms with Gasteiger partial charge in [0.15, 0.2) is 0 Å². The lowest BCUT2D eigenvalue weighted by molar-refractivity contribution is 0.187. The van der Waals surface area contributed by atoms with Crippen molar-refractivity contribution in [3.8, 4) is 0 Å². The maximum atomic E-state index is 12.3. The molecule has 6 nitrogen and oxygen atoms in total. The number of piperidine rings is 1. The Morgan fingerprint density at radius 3 is 2.80 bits per heavy atom. The van der Waals surface area contributed by atoms with E-state index in [9.17, 15) is 8.42 Å². The first-order chi connectivity index (χ1) is 9.54. The molecule has 2 rings (SSSR count). The smallest absolute Gasteiger partial charge is 0.242 e. The Balaban J connectivity index is 2.07. The summed E-state index contributed by atoms with van der Waals surface area (Å²) in [7, 11) is -1.51. The molecule has 1 atom stereocenters. The lowest BCUT2D eigenvalue weighted by Crippen LogP contribution is -2.44. The van der Waals surface area contributed by atoms with E-state index in [0.717, 1.165) is 19.4 Å². The van der Waals surface area contributed by atoms with Gasteiger partial charge in [-0.1, -0.05) is 18.6 Å². The highest BCUT2D eigenvalue weighted by Crippen LogP contribution is 2.20. The van der Waals surface area contributed by atoms with Crippen LogP contribution in [0.15, 0.2) is 29.2 Å². The zero-order valence-corrected chi connectivity index (χ0v) is 12.5. The van der Waals surface area contributed by atoms with Crippen LogP contribution in [0.4, 0.5) is 5.69 Å². The van der Waals surface area contributed by atoms with Gasteiger partial charge in [-0.15, -0.1) is 0 Å². The molecule has 0 aliphatic carbocycles. The van der Waals surface area contributed by atoms with Crippen LogP contribution in [0.3, 0.4) is 0 Å². The molecule has 1 aliphatic heterocycles. The van der Waals surface area contributed by atoms with Gasteiger partial charge in [-0.2, -0.15) is 0 Å². The predicted molar refractivity (Wildman–Crippen MR) is 79.7 cm³/mol. The van der Waals surface area contributed by atoms with Crippen molar-refractivity contribution in [2.45, 2.75) is 30.2 Å². The Morgan fingerprint density at radius 2 is 2.10 bits per heavy atom. The number of nitrogens with zero attached hydrogens (tertiary/aromatic N) is 1. The quantitative estimate of drug-likeness (QED) is 0.551. The maximum Gasteiger partial charge on any atom is 0.242 e. The first-order valence-corrected chi connectivity index (χ1v) is 8.28. The maximum absolute atomic E-state index is 12.3. The molecule has 1 aliphatic rings. The number of rotatable bonds is 5. The van der Waals surface area contributed by atoms with E-state index >= 15 is 0 Å². The number of likely N-dealkylation sites (tertiary alicyclic amines) is 1. The highest BCUT2D eigenvalue weighted by atomic mass is 32.2. The average Bonchev–Trinajstić information content (AvgIpc) is 2.46. The van der Waals surface area contributed by atoms with Crippen LogP contribution in [-0.2, 0) is 10.0 Å². The summed E-state index contributed by atoms with van der Waals surface area (Å²) in [5.74, 6) is 5.36. The molecule has 1 unspecified atom stereocenters. The summed E-state index contributed by atoms with van der Waals surface area (Å²) in [6, 6.07) is 6.87. The molecule has 1 aromatic rings. The SMILES string of the molecule is CN1CCCCC1CNS(=O)(=O)c1ccccc1NN. The largest absolute Gasteiger partial charge is 0.323 e. The first-order valence-electron chi connectivity index (χ1n) is 6.80. The zero-order chi connectivity index (χ0) is 14.6. The molecule has 112 valence electrons. The Morgan fingerprint density at radius 1 is 1.35 bits per heavy atom. The average molecular weight is 298 g/mol. The van der Waals surface area contributed by atoms with E-state index in [1.165, 1.54) is 6.42 Å². The number of likely N-dealkylation sites (N-methyl/N-ethyl adjacent to an activating group) is 1. The summed E-state index contributed by atoms with van der Waals surface area (Å²) in [4.78, 5) is 2.39. The third kappa shape index (κ3) is 3.49. The van der Waals surface area contributed by atoms with Crippen LogP contribution in [0.5, 0.6) is 0 Å². The number of para-hydroxylation sites is 1. The molecule has 1 heterocycles. The molecule has 0 amide bonds. The van der Waals surface area contributed by atoms with Crippen LogP contribution >= 0.6 is 0 Å². The molecule has 20 heavy (non-hydrogen) atoms. The summed E-state index contributed by atoms with van der Waals surface area (Å²) in [6.07, 6.45) is 3.35. The summed E-state index contributed by atoms with van der Waals surface area (Å²) in [5.41, 5.74) is 2.82. The fourth-order valence-corrected chi connectivity index (χ4v) is 3.75. The first kappa shape index (κ1) is 15.2. The lowest BCUT2D eigenvalue weighted by atomic mass is 10.0. The molecule has 0 radical (unpaired) electrons. The van der Waals surface area contributed by atoms with Crippen LogP contribution in [0, 0.1) is 0 Å². The van der Waals surface area contributed by atoms with Crippen LogP contribution in [-0.4, -0.2) is 39.5 Å². The van der Waals surface area contributed by atoms with Crippen LogP contribution in [0.25, 0.3) is 0 Å². The van der Waals surface area contributed by atoms with Gasteiger partial charge in [-0.25, -0.2) is 13.1 Å². The molecular weight excluding hydrogens is 276 g/mol. The topological polar surface area (TPSA) is 87.5 Å². The van der Waals surface area contributed by atoms with Crippen LogP contribution in [0.2, 0.25) is 0 Å². The van der Waals surface area contributed by atoms with Crippen molar-refractivity contribution in [2.75, 3.05) is 25.6 Å². The normalized spacial score (nSPS) is 20.8. The highest BCUT2D eigenvalue weighted by molar-refractivity contribution is 7.89. The van der Waals surface area contributed by atoms with E-state index in [0.29, 0.717) is 12.2 Å². The van der Waals surface area contributed by atoms with Gasteiger partial charge in [0.2, 0.25) is 10.0 Å². The number of hydrogen-bond acceptors (Lipinski definition) is 5. The van der Waals surface area contributed by atoms with Gasteiger partial charge in [0.1, 0.15) is 4.90 Å². The monoisotopic (exact) mass is 298 g/mol. The molecular formula is C13H22N4O2S. The molecule has 0 saturated carbocycles. The van der Waals surface area contributed by atoms with E-state index < -0.39 is 10.0 Å². The van der Waals surface area contributed by atoms with Crippen LogP contribution in [0.1, 0.15) is 19.3 Å². The van der Waals surface area contributed by atoms with Gasteiger partial charge < -0.3 is 10.3 Å². The van der Waals surface area contributed by atoms with Crippen molar-refractivity contribution in [3.63, 3.8) is 0 Å². The number of nitrogen functional groups attached to an aromatic ring is 1. The van der Waals surface area contributed by atoms with Crippen molar-refractivity contribution >= 4 is 15.7 Å². The standard InChI is InChI=1S/C13H22N4O2S/c1-17-9-5-4-6-11(17)10-15-20(18,19)13-8-3-2-7-12(13)16-14/h2-3,7-8,11,15-16H,4-6,9-10,14H2,1H3. The van der Waals surface area contributed by atoms with E-state index in [1.54, 1.807) is 24.3 Å². The number of benzene rings is 1. The fraction of sp³-hybridized carbons (Fsp3) is 0.538. The number of anilines is 1. The number of hydrogen-bond donors (Lipinski definition) is 3. The van der Waals surface area contributed by atoms with Gasteiger partial charge in [-0.3, -0.25) is 5.84 Å². The molecule has 4 N–H and O–H groups in total. The third-order valence-corrected chi connectivity index (χ3v) is 5.24. The molecule has 7 heteroatoms. The van der Waals surface area contributed by atoms with Crippen molar-refractivity contribution < 1.29 is 8.42 Å².